The first-order chi connectivity index (χ1) is 29.1. The molecule has 2 fully saturated rings. The van der Waals surface area contributed by atoms with Gasteiger partial charge in [-0.1, -0.05) is 41.4 Å². The molecule has 4 aromatic rings. The topological polar surface area (TPSA) is 179 Å². The number of fused-ring (bicyclic) bond motifs is 2. The van der Waals surface area contributed by atoms with Crippen LogP contribution in [0.3, 0.4) is 0 Å². The Bertz CT molecular complexity index is 2480. The minimum absolute atomic E-state index is 0.0477. The molecule has 13 nitrogen and oxygen atoms in total. The molecule has 0 bridgehead atoms. The summed E-state index contributed by atoms with van der Waals surface area (Å²) in [6.07, 6.45) is 3.31. The molecule has 318 valence electrons. The molecule has 2 aromatic carbocycles. The molecule has 5 heterocycles. The van der Waals surface area contributed by atoms with Crippen LogP contribution in [-0.2, 0) is 56.4 Å². The highest BCUT2D eigenvalue weighted by atomic mass is 35.5. The fourth-order valence-corrected chi connectivity index (χ4v) is 10.4. The number of anilines is 1. The monoisotopic (exact) mass is 903 g/mol. The number of hydrogen-bond donors (Lipinski definition) is 3. The lowest BCUT2D eigenvalue weighted by molar-refractivity contribution is -0.137. The number of nitrogens with one attached hydrogen (secondary N) is 3. The van der Waals surface area contributed by atoms with E-state index >= 15 is 0 Å². The number of thiophene rings is 2. The molecule has 2 atom stereocenters. The molecule has 8 rings (SSSR count). The lowest BCUT2D eigenvalue weighted by Crippen LogP contribution is -2.52. The molecule has 6 amide bonds. The van der Waals surface area contributed by atoms with Crippen LogP contribution in [0.5, 0.6) is 0 Å². The maximum atomic E-state index is 12.9. The fraction of sp³-hybridized carbons (Fsp3) is 0.364. The van der Waals surface area contributed by atoms with Crippen LogP contribution < -0.4 is 16.0 Å². The Hall–Kier alpha value is -5.22. The van der Waals surface area contributed by atoms with Crippen LogP contribution in [0, 0.1) is 13.8 Å². The van der Waals surface area contributed by atoms with Crippen molar-refractivity contribution in [3.05, 3.63) is 106 Å². The summed E-state index contributed by atoms with van der Waals surface area (Å²) in [7, 11) is 0. The molecule has 3 aliphatic heterocycles. The van der Waals surface area contributed by atoms with Gasteiger partial charge in [0.15, 0.2) is 5.78 Å². The van der Waals surface area contributed by atoms with Gasteiger partial charge in [-0.3, -0.25) is 38.9 Å². The molecular weight excluding hydrogens is 862 g/mol. The number of urea groups is 1. The van der Waals surface area contributed by atoms with Crippen molar-refractivity contribution >= 4 is 98.6 Å². The molecule has 2 aromatic heterocycles. The Morgan fingerprint density at radius 3 is 2.33 bits per heavy atom. The normalized spacial score (nSPS) is 18.6. The zero-order valence-electron chi connectivity index (χ0n) is 33.5. The van der Waals surface area contributed by atoms with E-state index in [0.29, 0.717) is 84.2 Å². The summed E-state index contributed by atoms with van der Waals surface area (Å²) >= 11 is 15.0. The van der Waals surface area contributed by atoms with Gasteiger partial charge < -0.3 is 20.4 Å². The maximum absolute atomic E-state index is 12.9. The Morgan fingerprint density at radius 2 is 1.61 bits per heavy atom. The van der Waals surface area contributed by atoms with E-state index in [9.17, 15) is 38.4 Å². The Morgan fingerprint density at radius 1 is 0.869 bits per heavy atom. The van der Waals surface area contributed by atoms with Gasteiger partial charge in [-0.25, -0.2) is 4.79 Å². The highest BCUT2D eigenvalue weighted by Gasteiger charge is 2.41. The van der Waals surface area contributed by atoms with E-state index in [4.69, 9.17) is 23.2 Å². The van der Waals surface area contributed by atoms with E-state index in [0.717, 1.165) is 37.6 Å². The second-order valence-electron chi connectivity index (χ2n) is 15.6. The van der Waals surface area contributed by atoms with Crippen molar-refractivity contribution in [1.82, 2.24) is 20.4 Å². The Kier molecular flexibility index (Phi) is 13.5. The quantitative estimate of drug-likeness (QED) is 0.0844. The van der Waals surface area contributed by atoms with Crippen molar-refractivity contribution in [2.24, 2.45) is 0 Å². The van der Waals surface area contributed by atoms with Crippen molar-refractivity contribution in [2.45, 2.75) is 103 Å². The van der Waals surface area contributed by atoms with Crippen molar-refractivity contribution in [3.63, 3.8) is 0 Å². The predicted octanol–water partition coefficient (Wildman–Crippen LogP) is 7.28. The van der Waals surface area contributed by atoms with Gasteiger partial charge in [0.1, 0.15) is 17.6 Å². The minimum atomic E-state index is -0.615. The molecule has 61 heavy (non-hydrogen) atoms. The van der Waals surface area contributed by atoms with Crippen LogP contribution in [0.2, 0.25) is 10.0 Å². The van der Waals surface area contributed by atoms with Crippen molar-refractivity contribution in [1.29, 1.82) is 0 Å². The number of hydrogen-bond acceptors (Lipinski definition) is 10. The highest BCUT2D eigenvalue weighted by Crippen LogP contribution is 2.36. The van der Waals surface area contributed by atoms with Gasteiger partial charge in [0.05, 0.1) is 36.0 Å². The molecule has 2 unspecified atom stereocenters. The third-order valence-corrected chi connectivity index (χ3v) is 14.2. The largest absolute Gasteiger partial charge is 0.333 e. The van der Waals surface area contributed by atoms with E-state index in [1.807, 2.05) is 43.5 Å². The van der Waals surface area contributed by atoms with Crippen molar-refractivity contribution in [2.75, 3.05) is 5.32 Å². The summed E-state index contributed by atoms with van der Waals surface area (Å²) in [5, 5.41) is 11.0. The second-order valence-corrected chi connectivity index (χ2v) is 18.5. The van der Waals surface area contributed by atoms with Gasteiger partial charge in [0, 0.05) is 57.7 Å². The summed E-state index contributed by atoms with van der Waals surface area (Å²) < 4.78 is 0. The summed E-state index contributed by atoms with van der Waals surface area (Å²) in [6.45, 7) is 4.81. The van der Waals surface area contributed by atoms with E-state index < -0.39 is 18.0 Å². The molecular formula is C44H43Cl2N5O8S2. The lowest BCUT2D eigenvalue weighted by Gasteiger charge is -2.29. The summed E-state index contributed by atoms with van der Waals surface area (Å²) in [6, 6.07) is 11.2. The SMILES string of the molecule is Cc1ccc(CC(=O)CCc2csc3c2CN(C2CCC(=O)NC2=O)C3=O)cc1Cl.Cc1ccc(NC(=O)NCc2cc3c(s2)CN(C2CCCC(=O)CC2=O)C3=O)cc1Cl. The number of Topliss-reactive ketones (excluding diaryl/α,β-unsaturated/α-hetero) is 3. The zero-order chi connectivity index (χ0) is 43.5. The predicted molar refractivity (Wildman–Crippen MR) is 232 cm³/mol. The van der Waals surface area contributed by atoms with E-state index in [1.165, 1.54) is 22.7 Å². The number of imide groups is 1. The minimum Gasteiger partial charge on any atom is -0.333 e. The van der Waals surface area contributed by atoms with Crippen molar-refractivity contribution < 1.29 is 38.4 Å². The van der Waals surface area contributed by atoms with Gasteiger partial charge in [0.25, 0.3) is 11.8 Å². The molecule has 0 spiro atoms. The van der Waals surface area contributed by atoms with Crippen LogP contribution in [-0.4, -0.2) is 68.9 Å². The van der Waals surface area contributed by atoms with Crippen LogP contribution in [0.1, 0.15) is 103 Å². The number of halogens is 2. The van der Waals surface area contributed by atoms with Crippen molar-refractivity contribution in [3.8, 4) is 0 Å². The van der Waals surface area contributed by atoms with Gasteiger partial charge in [-0.2, -0.15) is 0 Å². The standard InChI is InChI=1S/C22H22ClN3O4S.C22H21ClN2O4S/c1-12-5-6-13(7-17(12)23)25-22(30)24-10-15-9-16-20(31-15)11-26(21(16)29)18-4-2-3-14(27)8-19(18)28;1-12-2-3-13(9-17(12)23)8-15(26)5-4-14-11-30-20-16(14)10-25(22(20)29)18-6-7-19(27)24-21(18)28/h5-7,9,18H,2-4,8,10-11H2,1H3,(H2,24,25,30);2-3,9,11,18H,4-8,10H2,1H3,(H,24,27,28). The van der Waals surface area contributed by atoms with E-state index in [1.54, 1.807) is 28.0 Å². The number of amides is 6. The molecule has 17 heteroatoms. The van der Waals surface area contributed by atoms with Crippen LogP contribution in [0.25, 0.3) is 0 Å². The molecule has 0 radical (unpaired) electrons. The first kappa shape index (κ1) is 43.9. The molecule has 4 aliphatic rings. The van der Waals surface area contributed by atoms with Crippen LogP contribution >= 0.6 is 45.9 Å². The maximum Gasteiger partial charge on any atom is 0.319 e. The average molecular weight is 905 g/mol. The molecule has 1 aliphatic carbocycles. The van der Waals surface area contributed by atoms with Gasteiger partial charge in [-0.15, -0.1) is 22.7 Å². The van der Waals surface area contributed by atoms with E-state index in [-0.39, 0.29) is 60.5 Å². The van der Waals surface area contributed by atoms with Gasteiger partial charge >= 0.3 is 6.03 Å². The fourth-order valence-electron chi connectivity index (χ4n) is 7.82. The molecule has 1 saturated carbocycles. The second kappa shape index (κ2) is 18.8. The molecule has 1 saturated heterocycles. The first-order valence-corrected chi connectivity index (χ1v) is 22.4. The third kappa shape index (κ3) is 10.1. The number of carbonyl (C=O) groups is 8. The number of rotatable bonds is 10. The number of benzene rings is 2. The average Bonchev–Trinajstić information content (AvgIpc) is 3.94. The smallest absolute Gasteiger partial charge is 0.319 e. The first-order valence-electron chi connectivity index (χ1n) is 19.9. The number of carbonyl (C=O) groups excluding carboxylic acids is 8. The Labute approximate surface area is 370 Å². The van der Waals surface area contributed by atoms with Crippen LogP contribution in [0.4, 0.5) is 10.5 Å². The number of aryl methyl sites for hydroxylation is 3. The van der Waals surface area contributed by atoms with Crippen LogP contribution in [0.15, 0.2) is 47.8 Å². The molecule has 3 N–H and O–H groups in total. The third-order valence-electron chi connectivity index (χ3n) is 11.2. The van der Waals surface area contributed by atoms with E-state index in [2.05, 4.69) is 16.0 Å². The number of ketones is 3. The summed E-state index contributed by atoms with van der Waals surface area (Å²) in [5.41, 5.74) is 5.86. The summed E-state index contributed by atoms with van der Waals surface area (Å²) in [5.74, 6) is -1.16. The van der Waals surface area contributed by atoms with Gasteiger partial charge in [0.2, 0.25) is 11.8 Å². The number of nitrogens with zero attached hydrogens (tertiary/aromatic N) is 2. The lowest BCUT2D eigenvalue weighted by atomic mass is 10.0. The summed E-state index contributed by atoms with van der Waals surface area (Å²) in [4.78, 5) is 103. The number of piperidine rings is 1. The highest BCUT2D eigenvalue weighted by molar-refractivity contribution is 7.12. The Balaban J connectivity index is 0.000000184. The zero-order valence-corrected chi connectivity index (χ0v) is 36.6. The van der Waals surface area contributed by atoms with Gasteiger partial charge in [-0.05, 0) is 97.0 Å².